The van der Waals surface area contributed by atoms with Gasteiger partial charge in [0.25, 0.3) is 0 Å². The van der Waals surface area contributed by atoms with E-state index in [0.717, 1.165) is 5.01 Å². The summed E-state index contributed by atoms with van der Waals surface area (Å²) < 4.78 is 1.74. The average molecular weight is 207 g/mol. The highest BCUT2D eigenvalue weighted by Crippen LogP contribution is 2.11. The van der Waals surface area contributed by atoms with Crippen molar-refractivity contribution in [2.75, 3.05) is 0 Å². The van der Waals surface area contributed by atoms with E-state index < -0.39 is 0 Å². The summed E-state index contributed by atoms with van der Waals surface area (Å²) in [5.41, 5.74) is 0.920. The maximum absolute atomic E-state index is 11.7. The van der Waals surface area contributed by atoms with E-state index in [1.54, 1.807) is 22.5 Å². The van der Waals surface area contributed by atoms with E-state index in [1.165, 1.54) is 11.3 Å². The number of hydrogen-bond acceptors (Lipinski definition) is 4. The maximum Gasteiger partial charge on any atom is 0.232 e. The summed E-state index contributed by atoms with van der Waals surface area (Å²) >= 11 is 1.47. The van der Waals surface area contributed by atoms with Gasteiger partial charge in [0.2, 0.25) is 5.78 Å². The van der Waals surface area contributed by atoms with Crippen LogP contribution in [0, 0.1) is 6.92 Å². The van der Waals surface area contributed by atoms with Crippen LogP contribution in [0.4, 0.5) is 0 Å². The van der Waals surface area contributed by atoms with E-state index in [1.807, 2.05) is 14.0 Å². The van der Waals surface area contributed by atoms with E-state index >= 15 is 0 Å². The molecular formula is C9H9N3OS. The molecule has 0 N–H and O–H groups in total. The summed E-state index contributed by atoms with van der Waals surface area (Å²) in [6.07, 6.45) is 3.30. The van der Waals surface area contributed by atoms with Crippen molar-refractivity contribution in [3.05, 3.63) is 34.3 Å². The van der Waals surface area contributed by atoms with E-state index in [4.69, 9.17) is 0 Å². The molecule has 0 radical (unpaired) electrons. The van der Waals surface area contributed by atoms with Crippen LogP contribution in [-0.4, -0.2) is 20.3 Å². The minimum Gasteiger partial charge on any atom is -0.340 e. The Balaban J connectivity index is 2.33. The third-order valence-electron chi connectivity index (χ3n) is 1.79. The van der Waals surface area contributed by atoms with Crippen LogP contribution < -0.4 is 0 Å². The molecule has 5 heteroatoms. The standard InChI is InChI=1S/C9H9N3OS/c1-6-11-8(4-14-6)9(13)7-3-12(2)5-10-7/h3-5H,1-2H3. The number of ketones is 1. The number of carbonyl (C=O) groups excluding carboxylic acids is 1. The minimum atomic E-state index is -0.116. The summed E-state index contributed by atoms with van der Waals surface area (Å²) in [5, 5.41) is 2.65. The molecule has 72 valence electrons. The lowest BCUT2D eigenvalue weighted by atomic mass is 10.2. The summed E-state index contributed by atoms with van der Waals surface area (Å²) in [6, 6.07) is 0. The lowest BCUT2D eigenvalue weighted by Crippen LogP contribution is -2.02. The number of nitrogens with zero attached hydrogens (tertiary/aromatic N) is 3. The van der Waals surface area contributed by atoms with Crippen LogP contribution in [0.15, 0.2) is 17.9 Å². The smallest absolute Gasteiger partial charge is 0.232 e. The predicted molar refractivity (Wildman–Crippen MR) is 53.5 cm³/mol. The number of rotatable bonds is 2. The number of aryl methyl sites for hydroxylation is 2. The average Bonchev–Trinajstić information content (AvgIpc) is 2.73. The van der Waals surface area contributed by atoms with E-state index in [2.05, 4.69) is 9.97 Å². The van der Waals surface area contributed by atoms with Gasteiger partial charge in [-0.3, -0.25) is 4.79 Å². The SMILES string of the molecule is Cc1nc(C(=O)c2cn(C)cn2)cs1. The van der Waals surface area contributed by atoms with Gasteiger partial charge in [-0.1, -0.05) is 0 Å². The first-order valence-corrected chi connectivity index (χ1v) is 4.99. The first-order chi connectivity index (χ1) is 6.66. The fourth-order valence-corrected chi connectivity index (χ4v) is 1.72. The molecule has 0 spiro atoms. The molecule has 14 heavy (non-hydrogen) atoms. The van der Waals surface area contributed by atoms with Crippen molar-refractivity contribution in [2.24, 2.45) is 7.05 Å². The molecule has 0 aliphatic heterocycles. The Morgan fingerprint density at radius 1 is 1.50 bits per heavy atom. The van der Waals surface area contributed by atoms with Crippen LogP contribution in [0.5, 0.6) is 0 Å². The van der Waals surface area contributed by atoms with E-state index in [9.17, 15) is 4.79 Å². The lowest BCUT2D eigenvalue weighted by molar-refractivity contribution is 0.103. The zero-order valence-electron chi connectivity index (χ0n) is 7.89. The van der Waals surface area contributed by atoms with Crippen molar-refractivity contribution in [2.45, 2.75) is 6.92 Å². The molecule has 2 rings (SSSR count). The summed E-state index contributed by atoms with van der Waals surface area (Å²) in [7, 11) is 1.83. The quantitative estimate of drug-likeness (QED) is 0.700. The number of aromatic nitrogens is 3. The Bertz CT molecular complexity index is 430. The second kappa shape index (κ2) is 3.34. The van der Waals surface area contributed by atoms with Crippen molar-refractivity contribution in [3.8, 4) is 0 Å². The number of hydrogen-bond donors (Lipinski definition) is 0. The van der Waals surface area contributed by atoms with Crippen LogP contribution in [0.3, 0.4) is 0 Å². The summed E-state index contributed by atoms with van der Waals surface area (Å²) in [6.45, 7) is 1.87. The number of carbonyl (C=O) groups is 1. The normalized spacial score (nSPS) is 10.4. The van der Waals surface area contributed by atoms with E-state index in [0.29, 0.717) is 11.4 Å². The van der Waals surface area contributed by atoms with Gasteiger partial charge in [-0.2, -0.15) is 0 Å². The molecule has 2 aromatic rings. The van der Waals surface area contributed by atoms with Gasteiger partial charge in [0.05, 0.1) is 11.3 Å². The van der Waals surface area contributed by atoms with Crippen LogP contribution in [0.1, 0.15) is 21.2 Å². The molecule has 0 aromatic carbocycles. The van der Waals surface area contributed by atoms with Gasteiger partial charge in [0.1, 0.15) is 11.4 Å². The van der Waals surface area contributed by atoms with Gasteiger partial charge >= 0.3 is 0 Å². The Morgan fingerprint density at radius 3 is 2.79 bits per heavy atom. The van der Waals surface area contributed by atoms with Crippen LogP contribution in [-0.2, 0) is 7.05 Å². The highest BCUT2D eigenvalue weighted by Gasteiger charge is 2.14. The van der Waals surface area contributed by atoms with Gasteiger partial charge in [0, 0.05) is 18.6 Å². The monoisotopic (exact) mass is 207 g/mol. The molecule has 0 aliphatic carbocycles. The van der Waals surface area contributed by atoms with Crippen LogP contribution in [0.25, 0.3) is 0 Å². The van der Waals surface area contributed by atoms with Crippen molar-refractivity contribution in [3.63, 3.8) is 0 Å². The third kappa shape index (κ3) is 1.58. The molecule has 2 heterocycles. The molecule has 0 saturated heterocycles. The van der Waals surface area contributed by atoms with Crippen molar-refractivity contribution >= 4 is 17.1 Å². The van der Waals surface area contributed by atoms with Gasteiger partial charge in [-0.15, -0.1) is 11.3 Å². The number of thiazole rings is 1. The van der Waals surface area contributed by atoms with Gasteiger partial charge in [0.15, 0.2) is 0 Å². The molecule has 4 nitrogen and oxygen atoms in total. The molecule has 0 bridgehead atoms. The van der Waals surface area contributed by atoms with Crippen molar-refractivity contribution in [1.29, 1.82) is 0 Å². The maximum atomic E-state index is 11.7. The lowest BCUT2D eigenvalue weighted by Gasteiger charge is -1.89. The fourth-order valence-electron chi connectivity index (χ4n) is 1.13. The molecule has 0 fully saturated rings. The second-order valence-corrected chi connectivity index (χ2v) is 4.07. The Morgan fingerprint density at radius 2 is 2.29 bits per heavy atom. The number of imidazole rings is 1. The molecule has 0 aliphatic rings. The van der Waals surface area contributed by atoms with Gasteiger partial charge in [-0.05, 0) is 6.92 Å². The predicted octanol–water partition coefficient (Wildman–Crippen LogP) is 1.42. The largest absolute Gasteiger partial charge is 0.340 e. The Hall–Kier alpha value is -1.49. The Kier molecular flexibility index (Phi) is 2.17. The van der Waals surface area contributed by atoms with Crippen molar-refractivity contribution in [1.82, 2.24) is 14.5 Å². The second-order valence-electron chi connectivity index (χ2n) is 3.01. The third-order valence-corrected chi connectivity index (χ3v) is 2.56. The highest BCUT2D eigenvalue weighted by molar-refractivity contribution is 7.09. The minimum absolute atomic E-state index is 0.116. The fraction of sp³-hybridized carbons (Fsp3) is 0.222. The molecule has 0 unspecified atom stereocenters. The van der Waals surface area contributed by atoms with Gasteiger partial charge in [-0.25, -0.2) is 9.97 Å². The topological polar surface area (TPSA) is 47.8 Å². The molecule has 0 amide bonds. The van der Waals surface area contributed by atoms with Gasteiger partial charge < -0.3 is 4.57 Å². The zero-order valence-corrected chi connectivity index (χ0v) is 8.71. The molecule has 0 atom stereocenters. The van der Waals surface area contributed by atoms with Crippen LogP contribution in [0.2, 0.25) is 0 Å². The highest BCUT2D eigenvalue weighted by atomic mass is 32.1. The summed E-state index contributed by atoms with van der Waals surface area (Å²) in [5.74, 6) is -0.116. The van der Waals surface area contributed by atoms with Crippen LogP contribution >= 0.6 is 11.3 Å². The first-order valence-electron chi connectivity index (χ1n) is 4.11. The molecule has 2 aromatic heterocycles. The first kappa shape index (κ1) is 9.08. The van der Waals surface area contributed by atoms with Crippen molar-refractivity contribution < 1.29 is 4.79 Å². The van der Waals surface area contributed by atoms with E-state index in [-0.39, 0.29) is 5.78 Å². The zero-order chi connectivity index (χ0) is 10.1. The molecular weight excluding hydrogens is 198 g/mol. The Labute approximate surface area is 85.2 Å². The summed E-state index contributed by atoms with van der Waals surface area (Å²) in [4.78, 5) is 19.8. The molecule has 0 saturated carbocycles.